The van der Waals surface area contributed by atoms with Gasteiger partial charge in [0, 0.05) is 22.5 Å². The van der Waals surface area contributed by atoms with E-state index in [4.69, 9.17) is 4.65 Å². The Bertz CT molecular complexity index is 919. The minimum Gasteiger partial charge on any atom is -0.423 e. The Morgan fingerprint density at radius 1 is 1.14 bits per heavy atom. The number of fused-ring (bicyclic) bond motifs is 1. The first-order valence-electron chi connectivity index (χ1n) is 9.09. The van der Waals surface area contributed by atoms with Crippen LogP contribution in [0.1, 0.15) is 58.4 Å². The van der Waals surface area contributed by atoms with Gasteiger partial charge in [0.05, 0.1) is 12.1 Å². The lowest BCUT2D eigenvalue weighted by Crippen LogP contribution is -2.56. The van der Waals surface area contributed by atoms with E-state index in [2.05, 4.69) is 10.4 Å². The molecular formula is C20H24BN3O4. The number of benzene rings is 1. The number of hydrazine groups is 1. The van der Waals surface area contributed by atoms with Gasteiger partial charge in [0.25, 0.3) is 11.8 Å². The number of aryl methyl sites for hydroxylation is 2. The van der Waals surface area contributed by atoms with Crippen LogP contribution in [0.3, 0.4) is 0 Å². The highest BCUT2D eigenvalue weighted by molar-refractivity contribution is 6.61. The summed E-state index contributed by atoms with van der Waals surface area (Å²) in [6.07, 6.45) is 0. The molecule has 2 heterocycles. The summed E-state index contributed by atoms with van der Waals surface area (Å²) in [6, 6.07) is 8.39. The lowest BCUT2D eigenvalue weighted by Gasteiger charge is -2.35. The average Bonchev–Trinajstić information content (AvgIpc) is 2.97. The quantitative estimate of drug-likeness (QED) is 0.608. The molecule has 0 atom stereocenters. The van der Waals surface area contributed by atoms with Crippen molar-refractivity contribution in [2.24, 2.45) is 0 Å². The second-order valence-electron chi connectivity index (χ2n) is 7.97. The van der Waals surface area contributed by atoms with E-state index in [-0.39, 0.29) is 5.91 Å². The highest BCUT2D eigenvalue weighted by atomic mass is 16.5. The molecule has 2 aromatic rings. The molecule has 0 spiro atoms. The molecule has 0 unspecified atom stereocenters. The molecule has 1 aromatic heterocycles. The van der Waals surface area contributed by atoms with Crippen LogP contribution in [-0.4, -0.2) is 39.5 Å². The molecule has 0 aliphatic carbocycles. The molecule has 2 amide bonds. The number of carbonyl (C=O) groups excluding carboxylic acids is 2. The van der Waals surface area contributed by atoms with Gasteiger partial charge in [-0.05, 0) is 69.9 Å². The molecule has 8 heteroatoms. The number of hydrogen-bond acceptors (Lipinski definition) is 5. The molecule has 0 radical (unpaired) electrons. The third kappa shape index (κ3) is 4.08. The predicted molar refractivity (Wildman–Crippen MR) is 106 cm³/mol. The van der Waals surface area contributed by atoms with Gasteiger partial charge in [0.2, 0.25) is 0 Å². The molecule has 1 aliphatic rings. The van der Waals surface area contributed by atoms with E-state index in [1.807, 2.05) is 34.6 Å². The van der Waals surface area contributed by atoms with Crippen LogP contribution in [0.5, 0.6) is 0 Å². The van der Waals surface area contributed by atoms with E-state index in [0.29, 0.717) is 23.2 Å². The lowest BCUT2D eigenvalue weighted by atomic mass is 9.79. The Hall–Kier alpha value is -2.71. The number of rotatable bonds is 2. The fraction of sp³-hybridized carbons (Fsp3) is 0.350. The summed E-state index contributed by atoms with van der Waals surface area (Å²) in [5.41, 5.74) is 5.74. The van der Waals surface area contributed by atoms with Crippen molar-refractivity contribution < 1.29 is 19.3 Å². The number of hydrogen-bond donors (Lipinski definition) is 2. The monoisotopic (exact) mass is 381 g/mol. The van der Waals surface area contributed by atoms with Crippen molar-refractivity contribution in [3.05, 3.63) is 58.4 Å². The standard InChI is InChI=1S/C20H24BN3O4/c1-12-8-16(9-13(2)22-12)19(26)24(20(3,4)5)23-18(25)14-6-7-15-11-28-21(27)17(15)10-14/h6-10,27H,11H2,1-5H3,(H,23,25). The van der Waals surface area contributed by atoms with Crippen LogP contribution in [0.15, 0.2) is 30.3 Å². The second kappa shape index (κ2) is 7.37. The number of pyridine rings is 1. The zero-order valence-electron chi connectivity index (χ0n) is 16.7. The summed E-state index contributed by atoms with van der Waals surface area (Å²) in [5.74, 6) is -0.758. The number of carbonyl (C=O) groups is 2. The Morgan fingerprint density at radius 2 is 1.79 bits per heavy atom. The van der Waals surface area contributed by atoms with E-state index in [1.165, 1.54) is 5.01 Å². The molecule has 1 aromatic carbocycles. The van der Waals surface area contributed by atoms with Crippen LogP contribution in [0, 0.1) is 13.8 Å². The van der Waals surface area contributed by atoms with Gasteiger partial charge in [0.1, 0.15) is 0 Å². The Labute approximate surface area is 164 Å². The molecule has 28 heavy (non-hydrogen) atoms. The summed E-state index contributed by atoms with van der Waals surface area (Å²) in [7, 11) is -1.04. The summed E-state index contributed by atoms with van der Waals surface area (Å²) in [6.45, 7) is 9.47. The highest BCUT2D eigenvalue weighted by Crippen LogP contribution is 2.18. The van der Waals surface area contributed by atoms with Crippen LogP contribution >= 0.6 is 0 Å². The maximum absolute atomic E-state index is 13.1. The van der Waals surface area contributed by atoms with Crippen molar-refractivity contribution in [1.82, 2.24) is 15.4 Å². The van der Waals surface area contributed by atoms with Crippen molar-refractivity contribution in [3.8, 4) is 0 Å². The normalized spacial score (nSPS) is 13.3. The van der Waals surface area contributed by atoms with Crippen LogP contribution in [0.4, 0.5) is 0 Å². The van der Waals surface area contributed by atoms with Gasteiger partial charge in [-0.3, -0.25) is 20.0 Å². The maximum atomic E-state index is 13.1. The number of amides is 2. The molecule has 3 rings (SSSR count). The zero-order valence-corrected chi connectivity index (χ0v) is 16.7. The first kappa shape index (κ1) is 20.0. The first-order chi connectivity index (χ1) is 13.1. The second-order valence-corrected chi connectivity index (χ2v) is 7.97. The molecule has 0 saturated carbocycles. The topological polar surface area (TPSA) is 91.8 Å². The summed E-state index contributed by atoms with van der Waals surface area (Å²) in [5, 5.41) is 11.2. The molecule has 0 fully saturated rings. The largest absolute Gasteiger partial charge is 0.491 e. The summed E-state index contributed by atoms with van der Waals surface area (Å²) in [4.78, 5) is 30.3. The van der Waals surface area contributed by atoms with Crippen LogP contribution < -0.4 is 10.9 Å². The van der Waals surface area contributed by atoms with Crippen LogP contribution in [-0.2, 0) is 11.3 Å². The fourth-order valence-corrected chi connectivity index (χ4v) is 3.13. The molecule has 0 saturated heterocycles. The van der Waals surface area contributed by atoms with Crippen molar-refractivity contribution in [2.45, 2.75) is 46.8 Å². The van der Waals surface area contributed by atoms with Crippen molar-refractivity contribution >= 4 is 24.4 Å². The molecule has 7 nitrogen and oxygen atoms in total. The number of nitrogens with zero attached hydrogens (tertiary/aromatic N) is 2. The van der Waals surface area contributed by atoms with E-state index in [9.17, 15) is 14.6 Å². The number of nitrogens with one attached hydrogen (secondary N) is 1. The van der Waals surface area contributed by atoms with Crippen LogP contribution in [0.25, 0.3) is 0 Å². The third-order valence-corrected chi connectivity index (χ3v) is 4.49. The minimum atomic E-state index is -1.04. The molecule has 0 bridgehead atoms. The van der Waals surface area contributed by atoms with Gasteiger partial charge in [-0.2, -0.15) is 0 Å². The van der Waals surface area contributed by atoms with E-state index in [1.54, 1.807) is 30.3 Å². The van der Waals surface area contributed by atoms with Gasteiger partial charge < -0.3 is 9.68 Å². The number of aromatic nitrogens is 1. The molecular weight excluding hydrogens is 357 g/mol. The smallest absolute Gasteiger partial charge is 0.423 e. The average molecular weight is 381 g/mol. The molecule has 2 N–H and O–H groups in total. The van der Waals surface area contributed by atoms with E-state index in [0.717, 1.165) is 17.0 Å². The Balaban J connectivity index is 1.88. The fourth-order valence-electron chi connectivity index (χ4n) is 3.13. The SMILES string of the molecule is Cc1cc(C(=O)N(NC(=O)c2ccc3c(c2)B(O)OC3)C(C)(C)C)cc(C)n1. The first-order valence-corrected chi connectivity index (χ1v) is 9.09. The summed E-state index contributed by atoms with van der Waals surface area (Å²) < 4.78 is 5.17. The highest BCUT2D eigenvalue weighted by Gasteiger charge is 2.31. The van der Waals surface area contributed by atoms with Crippen LogP contribution in [0.2, 0.25) is 0 Å². The molecule has 1 aliphatic heterocycles. The van der Waals surface area contributed by atoms with E-state index >= 15 is 0 Å². The predicted octanol–water partition coefficient (Wildman–Crippen LogP) is 1.50. The van der Waals surface area contributed by atoms with Gasteiger partial charge in [-0.1, -0.05) is 6.07 Å². The maximum Gasteiger partial charge on any atom is 0.491 e. The van der Waals surface area contributed by atoms with Crippen molar-refractivity contribution in [1.29, 1.82) is 0 Å². The third-order valence-electron chi connectivity index (χ3n) is 4.49. The minimum absolute atomic E-state index is 0.311. The Kier molecular flexibility index (Phi) is 5.27. The summed E-state index contributed by atoms with van der Waals surface area (Å²) >= 11 is 0. The van der Waals surface area contributed by atoms with Crippen molar-refractivity contribution in [2.75, 3.05) is 0 Å². The lowest BCUT2D eigenvalue weighted by molar-refractivity contribution is 0.0358. The van der Waals surface area contributed by atoms with Gasteiger partial charge in [0.15, 0.2) is 0 Å². The Morgan fingerprint density at radius 3 is 2.39 bits per heavy atom. The molecule has 146 valence electrons. The van der Waals surface area contributed by atoms with Gasteiger partial charge in [-0.25, -0.2) is 5.01 Å². The van der Waals surface area contributed by atoms with Gasteiger partial charge in [-0.15, -0.1) is 0 Å². The van der Waals surface area contributed by atoms with E-state index < -0.39 is 18.6 Å². The van der Waals surface area contributed by atoms with Crippen molar-refractivity contribution in [3.63, 3.8) is 0 Å². The zero-order chi connectivity index (χ0) is 20.6. The van der Waals surface area contributed by atoms with Gasteiger partial charge >= 0.3 is 7.12 Å².